The minimum Gasteiger partial charge on any atom is -0.375 e. The van der Waals surface area contributed by atoms with E-state index in [1.165, 1.54) is 12.8 Å². The lowest BCUT2D eigenvalue weighted by Crippen LogP contribution is -2.48. The Labute approximate surface area is 119 Å². The van der Waals surface area contributed by atoms with Gasteiger partial charge in [-0.15, -0.1) is 0 Å². The van der Waals surface area contributed by atoms with Gasteiger partial charge in [0.25, 0.3) is 6.43 Å². The second-order valence-corrected chi connectivity index (χ2v) is 6.02. The fraction of sp³-hybridized carbons (Fsp3) is 1.00. The Morgan fingerprint density at radius 1 is 1.35 bits per heavy atom. The summed E-state index contributed by atoms with van der Waals surface area (Å²) in [6, 6.07) is 0.119. The molecule has 2 aliphatic rings. The van der Waals surface area contributed by atoms with Gasteiger partial charge in [0, 0.05) is 19.3 Å². The highest BCUT2D eigenvalue weighted by molar-refractivity contribution is 4.93. The normalized spacial score (nSPS) is 27.3. The molecule has 0 aromatic rings. The van der Waals surface area contributed by atoms with Crippen molar-refractivity contribution in [1.82, 2.24) is 5.43 Å². The van der Waals surface area contributed by atoms with Crippen LogP contribution in [0.2, 0.25) is 0 Å². The zero-order valence-corrected chi connectivity index (χ0v) is 12.0. The molecule has 0 aromatic heterocycles. The molecule has 20 heavy (non-hydrogen) atoms. The molecule has 3 N–H and O–H groups in total. The fourth-order valence-electron chi connectivity index (χ4n) is 3.61. The minimum atomic E-state index is -2.40. The predicted octanol–water partition coefficient (Wildman–Crippen LogP) is 2.23. The number of rotatable bonds is 7. The first-order valence-corrected chi connectivity index (χ1v) is 7.61. The highest BCUT2D eigenvalue weighted by atomic mass is 19.3. The molecule has 0 radical (unpaired) electrons. The number of hydrogen-bond acceptors (Lipinski definition) is 4. The van der Waals surface area contributed by atoms with Crippen molar-refractivity contribution >= 4 is 0 Å². The largest absolute Gasteiger partial charge is 0.375 e. The predicted molar refractivity (Wildman–Crippen MR) is 72.4 cm³/mol. The van der Waals surface area contributed by atoms with Gasteiger partial charge >= 0.3 is 0 Å². The van der Waals surface area contributed by atoms with Gasteiger partial charge in [0.05, 0.1) is 5.60 Å². The molecule has 0 bridgehead atoms. The Balaban J connectivity index is 1.77. The van der Waals surface area contributed by atoms with E-state index in [0.29, 0.717) is 18.9 Å². The first-order valence-electron chi connectivity index (χ1n) is 7.61. The second kappa shape index (κ2) is 7.64. The van der Waals surface area contributed by atoms with Gasteiger partial charge in [0.1, 0.15) is 6.61 Å². The molecule has 1 aliphatic carbocycles. The zero-order chi connectivity index (χ0) is 14.4. The van der Waals surface area contributed by atoms with Gasteiger partial charge < -0.3 is 9.47 Å². The molecule has 0 aromatic carbocycles. The lowest BCUT2D eigenvalue weighted by molar-refractivity contribution is -0.0994. The Hall–Kier alpha value is -0.300. The summed E-state index contributed by atoms with van der Waals surface area (Å²) in [4.78, 5) is 0. The Morgan fingerprint density at radius 3 is 2.75 bits per heavy atom. The molecular weight excluding hydrogens is 266 g/mol. The molecule has 1 aliphatic heterocycles. The molecule has 6 heteroatoms. The van der Waals surface area contributed by atoms with Crippen molar-refractivity contribution in [3.05, 3.63) is 0 Å². The number of alkyl halides is 2. The number of nitrogens with one attached hydrogen (secondary N) is 1. The van der Waals surface area contributed by atoms with E-state index >= 15 is 0 Å². The Kier molecular flexibility index (Phi) is 6.14. The summed E-state index contributed by atoms with van der Waals surface area (Å²) < 4.78 is 35.0. The van der Waals surface area contributed by atoms with Crippen LogP contribution in [-0.4, -0.2) is 37.9 Å². The van der Waals surface area contributed by atoms with Crippen molar-refractivity contribution in [2.75, 3.05) is 19.8 Å². The van der Waals surface area contributed by atoms with Crippen molar-refractivity contribution in [3.63, 3.8) is 0 Å². The smallest absolute Gasteiger partial charge is 0.261 e. The molecule has 2 rings (SSSR count). The number of hydrazine groups is 1. The van der Waals surface area contributed by atoms with Gasteiger partial charge in [-0.05, 0) is 38.0 Å². The van der Waals surface area contributed by atoms with Crippen LogP contribution in [-0.2, 0) is 9.47 Å². The summed E-state index contributed by atoms with van der Waals surface area (Å²) in [5.74, 6) is 6.08. The third kappa shape index (κ3) is 4.35. The van der Waals surface area contributed by atoms with E-state index in [4.69, 9.17) is 15.3 Å². The molecule has 2 unspecified atom stereocenters. The van der Waals surface area contributed by atoms with Crippen LogP contribution in [0.3, 0.4) is 0 Å². The van der Waals surface area contributed by atoms with E-state index in [9.17, 15) is 8.78 Å². The maximum Gasteiger partial charge on any atom is 0.261 e. The van der Waals surface area contributed by atoms with Crippen molar-refractivity contribution in [3.8, 4) is 0 Å². The van der Waals surface area contributed by atoms with Gasteiger partial charge in [0.2, 0.25) is 0 Å². The molecule has 1 saturated heterocycles. The van der Waals surface area contributed by atoms with Crippen LogP contribution in [0.5, 0.6) is 0 Å². The Bertz CT molecular complexity index is 286. The van der Waals surface area contributed by atoms with Crippen LogP contribution in [0, 0.1) is 5.92 Å². The van der Waals surface area contributed by atoms with Gasteiger partial charge in [-0.2, -0.15) is 0 Å². The summed E-state index contributed by atoms with van der Waals surface area (Å²) in [7, 11) is 0. The molecule has 2 fully saturated rings. The van der Waals surface area contributed by atoms with Crippen LogP contribution < -0.4 is 11.3 Å². The summed E-state index contributed by atoms with van der Waals surface area (Å²) in [5, 5.41) is 0. The van der Waals surface area contributed by atoms with Gasteiger partial charge in [-0.1, -0.05) is 12.8 Å². The van der Waals surface area contributed by atoms with E-state index in [1.807, 2.05) is 0 Å². The van der Waals surface area contributed by atoms with Crippen molar-refractivity contribution in [2.24, 2.45) is 11.8 Å². The summed E-state index contributed by atoms with van der Waals surface area (Å²) in [6.07, 6.45) is 5.04. The number of halogens is 2. The summed E-state index contributed by atoms with van der Waals surface area (Å²) in [6.45, 7) is 0.610. The zero-order valence-electron chi connectivity index (χ0n) is 12.0. The number of hydrogen-bond donors (Lipinski definition) is 2. The highest BCUT2D eigenvalue weighted by Crippen LogP contribution is 2.43. The van der Waals surface area contributed by atoms with Crippen molar-refractivity contribution in [1.29, 1.82) is 0 Å². The summed E-state index contributed by atoms with van der Waals surface area (Å²) in [5.41, 5.74) is 2.90. The number of nitrogens with two attached hydrogens (primary N) is 1. The van der Waals surface area contributed by atoms with Gasteiger partial charge in [-0.3, -0.25) is 11.3 Å². The van der Waals surface area contributed by atoms with E-state index in [1.54, 1.807) is 0 Å². The van der Waals surface area contributed by atoms with E-state index in [2.05, 4.69) is 5.43 Å². The fourth-order valence-corrected chi connectivity index (χ4v) is 3.61. The van der Waals surface area contributed by atoms with Crippen LogP contribution in [0.4, 0.5) is 8.78 Å². The SMILES string of the molecule is NNC(CCOCC(F)F)C1CCOC2(CCCC2)C1. The minimum absolute atomic E-state index is 0.0574. The first kappa shape index (κ1) is 16.1. The van der Waals surface area contributed by atoms with Crippen LogP contribution in [0.25, 0.3) is 0 Å². The van der Waals surface area contributed by atoms with E-state index in [0.717, 1.165) is 32.3 Å². The van der Waals surface area contributed by atoms with Crippen LogP contribution in [0.15, 0.2) is 0 Å². The Morgan fingerprint density at radius 2 is 2.10 bits per heavy atom. The highest BCUT2D eigenvalue weighted by Gasteiger charge is 2.41. The third-order valence-corrected chi connectivity index (χ3v) is 4.65. The van der Waals surface area contributed by atoms with E-state index < -0.39 is 13.0 Å². The maximum absolute atomic E-state index is 12.0. The lowest BCUT2D eigenvalue weighted by Gasteiger charge is -2.41. The standard InChI is InChI=1S/C14H26F2N2O2/c15-13(16)10-19-7-4-12(18-17)11-3-8-20-14(9-11)5-1-2-6-14/h11-13,18H,1-10,17H2. The van der Waals surface area contributed by atoms with Crippen LogP contribution >= 0.6 is 0 Å². The quantitative estimate of drug-likeness (QED) is 0.429. The molecule has 2 atom stereocenters. The maximum atomic E-state index is 12.0. The van der Waals surface area contributed by atoms with Crippen molar-refractivity contribution in [2.45, 2.75) is 63.0 Å². The molecule has 0 amide bonds. The van der Waals surface area contributed by atoms with Crippen LogP contribution in [0.1, 0.15) is 44.9 Å². The van der Waals surface area contributed by atoms with E-state index in [-0.39, 0.29) is 11.6 Å². The molecule has 118 valence electrons. The van der Waals surface area contributed by atoms with Crippen molar-refractivity contribution < 1.29 is 18.3 Å². The first-order chi connectivity index (χ1) is 9.65. The van der Waals surface area contributed by atoms with Gasteiger partial charge in [-0.25, -0.2) is 8.78 Å². The lowest BCUT2D eigenvalue weighted by atomic mass is 9.80. The molecular formula is C14H26F2N2O2. The van der Waals surface area contributed by atoms with Gasteiger partial charge in [0.15, 0.2) is 0 Å². The topological polar surface area (TPSA) is 56.5 Å². The second-order valence-electron chi connectivity index (χ2n) is 6.02. The summed E-state index contributed by atoms with van der Waals surface area (Å²) >= 11 is 0. The number of ether oxygens (including phenoxy) is 2. The average Bonchev–Trinajstić information content (AvgIpc) is 2.86. The monoisotopic (exact) mass is 292 g/mol. The average molecular weight is 292 g/mol. The third-order valence-electron chi connectivity index (χ3n) is 4.65. The molecule has 1 saturated carbocycles. The molecule has 1 heterocycles. The molecule has 1 spiro atoms. The molecule has 4 nitrogen and oxygen atoms in total.